The highest BCUT2D eigenvalue weighted by atomic mass is 31.3. The predicted octanol–water partition coefficient (Wildman–Crippen LogP) is 0.219. The van der Waals surface area contributed by atoms with Crippen molar-refractivity contribution in [2.45, 2.75) is 31.8 Å². The monoisotopic (exact) mass is 622 g/mol. The van der Waals surface area contributed by atoms with E-state index in [-0.39, 0.29) is 12.0 Å². The van der Waals surface area contributed by atoms with Gasteiger partial charge >= 0.3 is 29.2 Å². The van der Waals surface area contributed by atoms with Gasteiger partial charge in [-0.25, -0.2) is 27.1 Å². The van der Waals surface area contributed by atoms with Crippen LogP contribution in [-0.2, 0) is 44.7 Å². The first kappa shape index (κ1) is 31.8. The fraction of sp³-hybridized carbons (Fsp3) is 0.583. The van der Waals surface area contributed by atoms with Gasteiger partial charge in [-0.3, -0.25) is 14.3 Å². The summed E-state index contributed by atoms with van der Waals surface area (Å²) in [4.78, 5) is 64.0. The summed E-state index contributed by atoms with van der Waals surface area (Å²) < 4.78 is 66.9. The van der Waals surface area contributed by atoms with Gasteiger partial charge in [0.1, 0.15) is 12.3 Å². The molecule has 2 heterocycles. The largest absolute Gasteiger partial charge is 0.490 e. The zero-order chi connectivity index (χ0) is 27.5. The second-order valence-electron chi connectivity index (χ2n) is 6.87. The molecule has 0 spiro atoms. The van der Waals surface area contributed by atoms with E-state index in [2.05, 4.69) is 33.0 Å². The number of aliphatic hydroxyl groups excluding tert-OH is 1. The first-order chi connectivity index (χ1) is 16.4. The van der Waals surface area contributed by atoms with Crippen molar-refractivity contribution in [2.24, 2.45) is 0 Å². The van der Waals surface area contributed by atoms with Crippen LogP contribution in [0.1, 0.15) is 18.2 Å². The number of hydrogen-bond donors (Lipinski definition) is 6. The standard InChI is InChI=1S/C12H23N2O17P5/c1-7-5-14(12(17)13-11(7)16)10-4-8(15)9(27-10)6-26-33(3,18)29-35(21,22)31-36(23,24)30-34(19,20)28-32-25-2/h5,8-10,15,18,32H,3-4,6H2,1-2H3,(H,19,20)(H,21,22)(H,23,24)(H,13,16,17)/t8?,9-,10?,33?/m1/s1. The Kier molecular flexibility index (Phi) is 10.8. The van der Waals surface area contributed by atoms with Crippen LogP contribution < -0.4 is 11.2 Å². The minimum Gasteiger partial charge on any atom is -0.390 e. The molecule has 1 fully saturated rings. The number of aromatic nitrogens is 2. The van der Waals surface area contributed by atoms with E-state index in [1.54, 1.807) is 0 Å². The second kappa shape index (κ2) is 12.2. The van der Waals surface area contributed by atoms with Gasteiger partial charge in [-0.2, -0.15) is 8.62 Å². The number of aromatic amines is 1. The molecule has 1 aromatic heterocycles. The highest BCUT2D eigenvalue weighted by molar-refractivity contribution is 7.72. The van der Waals surface area contributed by atoms with E-state index < -0.39 is 76.4 Å². The van der Waals surface area contributed by atoms with Gasteiger partial charge < -0.3 is 38.5 Å². The van der Waals surface area contributed by atoms with Crippen molar-refractivity contribution in [3.8, 4) is 0 Å². The number of ether oxygens (including phenoxy) is 1. The van der Waals surface area contributed by atoms with Crippen LogP contribution in [0.5, 0.6) is 0 Å². The van der Waals surface area contributed by atoms with Crippen LogP contribution in [0.15, 0.2) is 15.8 Å². The molecule has 6 N–H and O–H groups in total. The first-order valence-electron chi connectivity index (χ1n) is 9.20. The molecular weight excluding hydrogens is 599 g/mol. The third kappa shape index (κ3) is 9.73. The van der Waals surface area contributed by atoms with Gasteiger partial charge in [0.15, 0.2) is 9.03 Å². The third-order valence-corrected chi connectivity index (χ3v) is 11.1. The predicted molar refractivity (Wildman–Crippen MR) is 122 cm³/mol. The summed E-state index contributed by atoms with van der Waals surface area (Å²) in [5.41, 5.74) is -1.24. The lowest BCUT2D eigenvalue weighted by Crippen LogP contribution is -2.33. The zero-order valence-corrected chi connectivity index (χ0v) is 22.9. The fourth-order valence-electron chi connectivity index (χ4n) is 2.60. The van der Waals surface area contributed by atoms with E-state index in [1.165, 1.54) is 13.1 Å². The number of nitrogens with one attached hydrogen (secondary N) is 1. The Morgan fingerprint density at radius 3 is 2.33 bits per heavy atom. The number of H-pyrrole nitrogens is 1. The number of aryl methyl sites for hydroxylation is 1. The molecule has 0 aliphatic carbocycles. The van der Waals surface area contributed by atoms with E-state index in [1.807, 2.05) is 0 Å². The molecule has 2 rings (SSSR count). The molecule has 1 aromatic rings. The third-order valence-electron chi connectivity index (χ3n) is 3.98. The summed E-state index contributed by atoms with van der Waals surface area (Å²) in [7, 11) is -21.4. The number of hydrogen-bond acceptors (Lipinski definition) is 14. The molecule has 0 aromatic carbocycles. The van der Waals surface area contributed by atoms with Crippen LogP contribution in [0.4, 0.5) is 0 Å². The molecule has 0 saturated carbocycles. The van der Waals surface area contributed by atoms with Gasteiger partial charge in [0.25, 0.3) is 13.1 Å². The zero-order valence-electron chi connectivity index (χ0n) is 18.3. The van der Waals surface area contributed by atoms with Crippen molar-refractivity contribution >= 4 is 46.4 Å². The van der Waals surface area contributed by atoms with Crippen molar-refractivity contribution in [1.82, 2.24) is 9.55 Å². The summed E-state index contributed by atoms with van der Waals surface area (Å²) in [6.45, 7) is 0.719. The van der Waals surface area contributed by atoms with E-state index in [4.69, 9.17) is 9.26 Å². The Labute approximate surface area is 203 Å². The normalized spacial score (nSPS) is 27.4. The SMILES string of the molecule is C=P(O)(OC[C@H]1OC(n2cc(C)c(=O)[nH]c2=O)CC1O)OP(=O)(O)OP(=O)(O)OP(=O)(O)OPOC. The molecule has 0 bridgehead atoms. The van der Waals surface area contributed by atoms with E-state index in [0.29, 0.717) is 0 Å². The van der Waals surface area contributed by atoms with Gasteiger partial charge in [0.2, 0.25) is 0 Å². The summed E-state index contributed by atoms with van der Waals surface area (Å²) >= 11 is 0. The van der Waals surface area contributed by atoms with E-state index in [0.717, 1.165) is 11.7 Å². The first-order valence-corrected chi connectivity index (χ1v) is 16.3. The smallest absolute Gasteiger partial charge is 0.390 e. The molecule has 0 radical (unpaired) electrons. The maximum atomic E-state index is 12.0. The van der Waals surface area contributed by atoms with Crippen LogP contribution in [0.3, 0.4) is 0 Å². The summed E-state index contributed by atoms with van der Waals surface area (Å²) in [6.07, 6.45) is 0.533. The highest BCUT2D eigenvalue weighted by Crippen LogP contribution is 2.72. The molecule has 36 heavy (non-hydrogen) atoms. The maximum Gasteiger partial charge on any atom is 0.490 e. The fourth-order valence-corrected chi connectivity index (χ4v) is 8.43. The topological polar surface area (TPSA) is 272 Å². The lowest BCUT2D eigenvalue weighted by Gasteiger charge is -2.24. The van der Waals surface area contributed by atoms with Gasteiger partial charge in [0.05, 0.1) is 12.7 Å². The number of aliphatic hydroxyl groups is 1. The Bertz CT molecular complexity index is 1250. The minimum atomic E-state index is -5.79. The summed E-state index contributed by atoms with van der Waals surface area (Å²) in [5.74, 6) is 0. The van der Waals surface area contributed by atoms with Crippen molar-refractivity contribution in [3.63, 3.8) is 0 Å². The van der Waals surface area contributed by atoms with Crippen LogP contribution in [0.25, 0.3) is 0 Å². The number of rotatable bonds is 13. The van der Waals surface area contributed by atoms with Crippen LogP contribution in [-0.4, -0.2) is 66.5 Å². The number of nitrogens with zero attached hydrogens (tertiary/aromatic N) is 1. The molecule has 7 unspecified atom stereocenters. The quantitative estimate of drug-likeness (QED) is 0.161. The summed E-state index contributed by atoms with van der Waals surface area (Å²) in [6, 6.07) is 0. The van der Waals surface area contributed by atoms with Crippen molar-refractivity contribution in [1.29, 1.82) is 0 Å². The molecule has 208 valence electrons. The van der Waals surface area contributed by atoms with Crippen LogP contribution in [0, 0.1) is 6.92 Å². The highest BCUT2D eigenvalue weighted by Gasteiger charge is 2.44. The molecule has 0 amide bonds. The van der Waals surface area contributed by atoms with Gasteiger partial charge in [-0.05, 0) is 13.2 Å². The van der Waals surface area contributed by atoms with Crippen LogP contribution >= 0.6 is 40.1 Å². The van der Waals surface area contributed by atoms with Crippen molar-refractivity contribution in [3.05, 3.63) is 32.6 Å². The molecule has 1 aliphatic rings. The van der Waals surface area contributed by atoms with Crippen molar-refractivity contribution < 1.29 is 69.4 Å². The summed E-state index contributed by atoms with van der Waals surface area (Å²) in [5, 5.41) is 10.2. The minimum absolute atomic E-state index is 0.145. The Morgan fingerprint density at radius 1 is 1.14 bits per heavy atom. The molecule has 1 aliphatic heterocycles. The van der Waals surface area contributed by atoms with Gasteiger partial charge in [-0.1, -0.05) is 0 Å². The Morgan fingerprint density at radius 2 is 1.72 bits per heavy atom. The molecule has 19 nitrogen and oxygen atoms in total. The maximum absolute atomic E-state index is 12.0. The molecule has 24 heteroatoms. The average molecular weight is 622 g/mol. The molecule has 1 saturated heterocycles. The van der Waals surface area contributed by atoms with Gasteiger partial charge in [-0.15, -0.1) is 0 Å². The van der Waals surface area contributed by atoms with Gasteiger partial charge in [0, 0.05) is 25.3 Å². The molecular formula is C12H23N2O17P5. The second-order valence-corrected chi connectivity index (χ2v) is 14.5. The Hall–Kier alpha value is -0.380. The Balaban J connectivity index is 1.99. The lowest BCUT2D eigenvalue weighted by molar-refractivity contribution is -0.0428. The van der Waals surface area contributed by atoms with E-state index >= 15 is 0 Å². The van der Waals surface area contributed by atoms with Crippen molar-refractivity contribution in [2.75, 3.05) is 13.7 Å². The average Bonchev–Trinajstić information content (AvgIpc) is 3.05. The molecule has 8 atom stereocenters. The van der Waals surface area contributed by atoms with Crippen LogP contribution in [0.2, 0.25) is 0 Å². The lowest BCUT2D eigenvalue weighted by atomic mass is 10.2. The van der Waals surface area contributed by atoms with E-state index in [9.17, 15) is 48.0 Å². The number of phosphoric acid groups is 3.